The molecular weight excluding hydrogens is 350 g/mol. The lowest BCUT2D eigenvalue weighted by atomic mass is 9.95. The third kappa shape index (κ3) is 5.17. The molecule has 2 amide bonds. The first-order chi connectivity index (χ1) is 12.6. The fourth-order valence-electron chi connectivity index (χ4n) is 3.17. The van der Waals surface area contributed by atoms with Crippen LogP contribution in [0.2, 0.25) is 0 Å². The lowest BCUT2D eigenvalue weighted by Gasteiger charge is -2.22. The van der Waals surface area contributed by atoms with E-state index in [4.69, 9.17) is 4.42 Å². The van der Waals surface area contributed by atoms with Gasteiger partial charge in [-0.15, -0.1) is 11.3 Å². The standard InChI is InChI=1S/C19H25N3O3S/c1-13-15(22-19(25-13)16-8-5-11-26-16)12-18(24)20-10-9-17(23)21-14-6-3-2-4-7-14/h5,8,11,14H,2-4,6-7,9-10,12H2,1H3,(H,20,24)(H,21,23). The maximum Gasteiger partial charge on any atom is 0.236 e. The van der Waals surface area contributed by atoms with E-state index in [0.717, 1.165) is 17.7 Å². The zero-order valence-electron chi connectivity index (χ0n) is 15.0. The van der Waals surface area contributed by atoms with Gasteiger partial charge in [0.15, 0.2) is 0 Å². The van der Waals surface area contributed by atoms with Crippen molar-refractivity contribution in [2.45, 2.75) is 57.9 Å². The number of aromatic nitrogens is 1. The van der Waals surface area contributed by atoms with Crippen LogP contribution in [0.5, 0.6) is 0 Å². The molecule has 0 aliphatic heterocycles. The molecule has 7 heteroatoms. The Morgan fingerprint density at radius 1 is 1.27 bits per heavy atom. The minimum atomic E-state index is -0.149. The van der Waals surface area contributed by atoms with Crippen LogP contribution in [0.3, 0.4) is 0 Å². The lowest BCUT2D eigenvalue weighted by Crippen LogP contribution is -2.38. The average molecular weight is 375 g/mol. The Balaban J connectivity index is 1.41. The molecule has 1 aliphatic carbocycles. The summed E-state index contributed by atoms with van der Waals surface area (Å²) in [6.07, 6.45) is 6.23. The summed E-state index contributed by atoms with van der Waals surface area (Å²) in [7, 11) is 0. The highest BCUT2D eigenvalue weighted by molar-refractivity contribution is 7.13. The van der Waals surface area contributed by atoms with E-state index >= 15 is 0 Å². The molecule has 0 aromatic carbocycles. The third-order valence-corrected chi connectivity index (χ3v) is 5.45. The zero-order valence-corrected chi connectivity index (χ0v) is 15.9. The number of carbonyl (C=O) groups is 2. The van der Waals surface area contributed by atoms with Gasteiger partial charge >= 0.3 is 0 Å². The van der Waals surface area contributed by atoms with Crippen LogP contribution in [-0.4, -0.2) is 29.4 Å². The van der Waals surface area contributed by atoms with Crippen LogP contribution in [0.1, 0.15) is 50.0 Å². The molecule has 2 N–H and O–H groups in total. The summed E-state index contributed by atoms with van der Waals surface area (Å²) in [5.74, 6) is 1.06. The molecule has 1 saturated carbocycles. The van der Waals surface area contributed by atoms with Crippen molar-refractivity contribution >= 4 is 23.2 Å². The summed E-state index contributed by atoms with van der Waals surface area (Å²) in [5, 5.41) is 7.80. The van der Waals surface area contributed by atoms with E-state index in [1.165, 1.54) is 19.3 Å². The maximum atomic E-state index is 12.1. The normalized spacial score (nSPS) is 15.0. The summed E-state index contributed by atoms with van der Waals surface area (Å²) in [4.78, 5) is 29.4. The second-order valence-electron chi connectivity index (χ2n) is 6.68. The predicted octanol–water partition coefficient (Wildman–Crippen LogP) is 3.21. The Hall–Kier alpha value is -2.15. The molecule has 0 bridgehead atoms. The van der Waals surface area contributed by atoms with E-state index < -0.39 is 0 Å². The van der Waals surface area contributed by atoms with E-state index in [0.29, 0.717) is 36.4 Å². The van der Waals surface area contributed by atoms with Gasteiger partial charge in [-0.1, -0.05) is 25.3 Å². The van der Waals surface area contributed by atoms with E-state index in [1.54, 1.807) is 11.3 Å². The summed E-state index contributed by atoms with van der Waals surface area (Å²) in [6, 6.07) is 4.18. The second-order valence-corrected chi connectivity index (χ2v) is 7.63. The van der Waals surface area contributed by atoms with Gasteiger partial charge in [0.05, 0.1) is 17.0 Å². The van der Waals surface area contributed by atoms with Gasteiger partial charge in [0.25, 0.3) is 0 Å². The van der Waals surface area contributed by atoms with Gasteiger partial charge in [0, 0.05) is 19.0 Å². The van der Waals surface area contributed by atoms with Crippen LogP contribution in [0.25, 0.3) is 10.8 Å². The maximum absolute atomic E-state index is 12.1. The monoisotopic (exact) mass is 375 g/mol. The van der Waals surface area contributed by atoms with E-state index in [1.807, 2.05) is 24.4 Å². The zero-order chi connectivity index (χ0) is 18.4. The minimum absolute atomic E-state index is 0.00907. The van der Waals surface area contributed by atoms with Crippen LogP contribution in [-0.2, 0) is 16.0 Å². The number of aryl methyl sites for hydroxylation is 1. The SMILES string of the molecule is Cc1oc(-c2cccs2)nc1CC(=O)NCCC(=O)NC1CCCCC1. The smallest absolute Gasteiger partial charge is 0.236 e. The Kier molecular flexibility index (Phi) is 6.44. The Labute approximate surface area is 157 Å². The molecule has 2 heterocycles. The fourth-order valence-corrected chi connectivity index (χ4v) is 3.82. The highest BCUT2D eigenvalue weighted by Crippen LogP contribution is 2.26. The number of oxazole rings is 1. The van der Waals surface area contributed by atoms with Crippen molar-refractivity contribution in [1.82, 2.24) is 15.6 Å². The Bertz CT molecular complexity index is 733. The van der Waals surface area contributed by atoms with Crippen molar-refractivity contribution in [3.63, 3.8) is 0 Å². The Morgan fingerprint density at radius 2 is 2.08 bits per heavy atom. The molecule has 0 unspecified atom stereocenters. The number of hydrogen-bond donors (Lipinski definition) is 2. The van der Waals surface area contributed by atoms with Gasteiger partial charge in [-0.2, -0.15) is 0 Å². The van der Waals surface area contributed by atoms with E-state index in [-0.39, 0.29) is 18.2 Å². The molecule has 1 fully saturated rings. The molecule has 26 heavy (non-hydrogen) atoms. The van der Waals surface area contributed by atoms with Crippen LogP contribution >= 0.6 is 11.3 Å². The quantitative estimate of drug-likeness (QED) is 0.778. The molecule has 0 radical (unpaired) electrons. The molecule has 0 spiro atoms. The summed E-state index contributed by atoms with van der Waals surface area (Å²) >= 11 is 1.55. The van der Waals surface area contributed by atoms with Crippen molar-refractivity contribution in [3.05, 3.63) is 29.0 Å². The molecule has 2 aromatic heterocycles. The highest BCUT2D eigenvalue weighted by Gasteiger charge is 2.17. The molecule has 1 aliphatic rings. The first-order valence-electron chi connectivity index (χ1n) is 9.18. The third-order valence-electron chi connectivity index (χ3n) is 4.60. The number of nitrogens with zero attached hydrogens (tertiary/aromatic N) is 1. The topological polar surface area (TPSA) is 84.2 Å². The first-order valence-corrected chi connectivity index (χ1v) is 10.1. The van der Waals surface area contributed by atoms with Crippen LogP contribution < -0.4 is 10.6 Å². The van der Waals surface area contributed by atoms with Crippen LogP contribution in [0.15, 0.2) is 21.9 Å². The van der Waals surface area contributed by atoms with Gasteiger partial charge in [0.1, 0.15) is 5.76 Å². The summed E-state index contributed by atoms with van der Waals surface area (Å²) in [5.41, 5.74) is 0.637. The van der Waals surface area contributed by atoms with Crippen LogP contribution in [0.4, 0.5) is 0 Å². The largest absolute Gasteiger partial charge is 0.440 e. The minimum Gasteiger partial charge on any atom is -0.440 e. The van der Waals surface area contributed by atoms with E-state index in [2.05, 4.69) is 15.6 Å². The molecular formula is C19H25N3O3S. The first kappa shape index (κ1) is 18.6. The number of hydrogen-bond acceptors (Lipinski definition) is 5. The molecule has 6 nitrogen and oxygen atoms in total. The van der Waals surface area contributed by atoms with Crippen molar-refractivity contribution in [2.75, 3.05) is 6.54 Å². The Morgan fingerprint density at radius 3 is 2.81 bits per heavy atom. The second kappa shape index (κ2) is 8.98. The molecule has 140 valence electrons. The molecule has 3 rings (SSSR count). The van der Waals surface area contributed by atoms with Gasteiger partial charge in [-0.3, -0.25) is 9.59 Å². The fraction of sp³-hybridized carbons (Fsp3) is 0.526. The van der Waals surface area contributed by atoms with Gasteiger partial charge in [0.2, 0.25) is 17.7 Å². The molecule has 2 aromatic rings. The number of rotatable bonds is 7. The van der Waals surface area contributed by atoms with Crippen molar-refractivity contribution in [1.29, 1.82) is 0 Å². The number of carbonyl (C=O) groups excluding carboxylic acids is 2. The van der Waals surface area contributed by atoms with Gasteiger partial charge in [-0.05, 0) is 31.2 Å². The van der Waals surface area contributed by atoms with Crippen molar-refractivity contribution < 1.29 is 14.0 Å². The lowest BCUT2D eigenvalue weighted by molar-refractivity contribution is -0.122. The van der Waals surface area contributed by atoms with Gasteiger partial charge in [-0.25, -0.2) is 4.98 Å². The summed E-state index contributed by atoms with van der Waals surface area (Å²) in [6.45, 7) is 2.15. The van der Waals surface area contributed by atoms with Crippen molar-refractivity contribution in [3.8, 4) is 10.8 Å². The summed E-state index contributed by atoms with van der Waals surface area (Å²) < 4.78 is 5.64. The number of amides is 2. The predicted molar refractivity (Wildman–Crippen MR) is 101 cm³/mol. The number of nitrogens with one attached hydrogen (secondary N) is 2. The van der Waals surface area contributed by atoms with E-state index in [9.17, 15) is 9.59 Å². The average Bonchev–Trinajstić information content (AvgIpc) is 3.26. The molecule has 0 atom stereocenters. The highest BCUT2D eigenvalue weighted by atomic mass is 32.1. The van der Waals surface area contributed by atoms with Crippen LogP contribution in [0, 0.1) is 6.92 Å². The number of thiophene rings is 1. The molecule has 0 saturated heterocycles. The van der Waals surface area contributed by atoms with Crippen molar-refractivity contribution in [2.24, 2.45) is 0 Å². The van der Waals surface area contributed by atoms with Gasteiger partial charge < -0.3 is 15.1 Å².